The molecule has 0 aromatic heterocycles. The predicted octanol–water partition coefficient (Wildman–Crippen LogP) is 5.03. The number of hydrogen-bond donors (Lipinski definition) is 2. The molecule has 10 heteroatoms. The van der Waals surface area contributed by atoms with Gasteiger partial charge in [-0.05, 0) is 69.5 Å². The fraction of sp³-hybridized carbons (Fsp3) is 0.423. The second-order valence-electron chi connectivity index (χ2n) is 9.69. The second-order valence-corrected chi connectivity index (χ2v) is 10.1. The van der Waals surface area contributed by atoms with Crippen molar-refractivity contribution < 1.29 is 28.2 Å². The zero-order chi connectivity index (χ0) is 26.1. The minimum absolute atomic E-state index is 0. The van der Waals surface area contributed by atoms with Gasteiger partial charge in [-0.3, -0.25) is 14.4 Å². The SMILES string of the molecule is CC(=O)c1ccc2c(c1)[C@H](NC(=O)c1ccc(F)c(Cl)c1)[C@H](OC(=O)[C@@H](N)CC(C)C)C(C)(C)O2.Cl. The van der Waals surface area contributed by atoms with E-state index < -0.39 is 41.5 Å². The number of Topliss-reactive ketones (excluding diaryl/α,β-unsaturated/α-hetero) is 1. The van der Waals surface area contributed by atoms with Crippen LogP contribution in [0.4, 0.5) is 4.39 Å². The first-order valence-electron chi connectivity index (χ1n) is 11.4. The van der Waals surface area contributed by atoms with Crippen LogP contribution < -0.4 is 15.8 Å². The standard InChI is InChI=1S/C26H30ClFN2O5.ClH/c1-13(2)10-20(29)25(33)34-23-22(30-24(32)16-6-8-19(28)18(27)12-16)17-11-15(14(3)31)7-9-21(17)35-26(23,4)5;/h6-9,11-13,20,22-23H,10,29H2,1-5H3,(H,30,32);1H/t20-,22-,23-;/m0./s1. The molecule has 2 aromatic carbocycles. The molecule has 0 radical (unpaired) electrons. The summed E-state index contributed by atoms with van der Waals surface area (Å²) in [5, 5.41) is 2.66. The molecule has 0 unspecified atom stereocenters. The highest BCUT2D eigenvalue weighted by Gasteiger charge is 2.48. The van der Waals surface area contributed by atoms with Gasteiger partial charge in [-0.1, -0.05) is 25.4 Å². The molecule has 196 valence electrons. The lowest BCUT2D eigenvalue weighted by Crippen LogP contribution is -2.56. The number of ketones is 1. The van der Waals surface area contributed by atoms with Crippen molar-refractivity contribution in [1.82, 2.24) is 5.32 Å². The number of nitrogens with one attached hydrogen (secondary N) is 1. The Kier molecular flexibility index (Phi) is 9.51. The van der Waals surface area contributed by atoms with Gasteiger partial charge < -0.3 is 20.5 Å². The smallest absolute Gasteiger partial charge is 0.323 e. The molecule has 0 saturated heterocycles. The van der Waals surface area contributed by atoms with Crippen LogP contribution in [0, 0.1) is 11.7 Å². The van der Waals surface area contributed by atoms with E-state index in [4.69, 9.17) is 26.8 Å². The first-order valence-corrected chi connectivity index (χ1v) is 11.7. The Hall–Kier alpha value is -2.68. The molecule has 1 aliphatic heterocycles. The zero-order valence-corrected chi connectivity index (χ0v) is 22.3. The van der Waals surface area contributed by atoms with Crippen LogP contribution >= 0.6 is 24.0 Å². The number of hydrogen-bond acceptors (Lipinski definition) is 6. The summed E-state index contributed by atoms with van der Waals surface area (Å²) in [5.41, 5.74) is 5.98. The van der Waals surface area contributed by atoms with E-state index in [0.717, 1.165) is 6.07 Å². The Bertz CT molecular complexity index is 1160. The topological polar surface area (TPSA) is 108 Å². The zero-order valence-electron chi connectivity index (χ0n) is 20.8. The summed E-state index contributed by atoms with van der Waals surface area (Å²) in [6.07, 6.45) is -0.564. The van der Waals surface area contributed by atoms with Gasteiger partial charge in [0.15, 0.2) is 11.9 Å². The number of carbonyl (C=O) groups is 3. The maximum atomic E-state index is 13.6. The maximum Gasteiger partial charge on any atom is 0.323 e. The van der Waals surface area contributed by atoms with Crippen LogP contribution in [0.1, 0.15) is 73.4 Å². The molecule has 7 nitrogen and oxygen atoms in total. The third-order valence-corrected chi connectivity index (χ3v) is 6.14. The Morgan fingerprint density at radius 3 is 2.39 bits per heavy atom. The third kappa shape index (κ3) is 6.55. The molecule has 3 N–H and O–H groups in total. The van der Waals surface area contributed by atoms with Crippen molar-refractivity contribution in [2.24, 2.45) is 11.7 Å². The lowest BCUT2D eigenvalue weighted by molar-refractivity contribution is -0.167. The van der Waals surface area contributed by atoms with Gasteiger partial charge in [0.1, 0.15) is 23.2 Å². The number of fused-ring (bicyclic) bond motifs is 1. The molecule has 1 amide bonds. The Morgan fingerprint density at radius 2 is 1.81 bits per heavy atom. The number of esters is 1. The van der Waals surface area contributed by atoms with Gasteiger partial charge in [-0.15, -0.1) is 12.4 Å². The van der Waals surface area contributed by atoms with Crippen LogP contribution in [0.5, 0.6) is 5.75 Å². The number of amides is 1. The number of ether oxygens (including phenoxy) is 2. The highest BCUT2D eigenvalue weighted by molar-refractivity contribution is 6.31. The van der Waals surface area contributed by atoms with E-state index in [0.29, 0.717) is 23.3 Å². The summed E-state index contributed by atoms with van der Waals surface area (Å²) in [4.78, 5) is 38.1. The summed E-state index contributed by atoms with van der Waals surface area (Å²) in [5.74, 6) is -1.43. The number of carbonyl (C=O) groups excluding carboxylic acids is 3. The Balaban J connectivity index is 0.00000456. The highest BCUT2D eigenvalue weighted by Crippen LogP contribution is 2.42. The van der Waals surface area contributed by atoms with Crippen molar-refractivity contribution >= 4 is 41.7 Å². The van der Waals surface area contributed by atoms with Gasteiger partial charge in [0.25, 0.3) is 5.91 Å². The van der Waals surface area contributed by atoms with Crippen molar-refractivity contribution in [3.63, 3.8) is 0 Å². The first-order chi connectivity index (χ1) is 16.3. The molecule has 3 rings (SSSR count). The van der Waals surface area contributed by atoms with E-state index in [1.807, 2.05) is 13.8 Å². The molecule has 3 atom stereocenters. The monoisotopic (exact) mass is 540 g/mol. The van der Waals surface area contributed by atoms with Crippen molar-refractivity contribution in [3.8, 4) is 5.75 Å². The quantitative estimate of drug-likeness (QED) is 0.376. The molecule has 0 aliphatic carbocycles. The number of halogens is 3. The summed E-state index contributed by atoms with van der Waals surface area (Å²) < 4.78 is 25.6. The molecule has 1 heterocycles. The van der Waals surface area contributed by atoms with Crippen molar-refractivity contribution in [3.05, 3.63) is 63.9 Å². The van der Waals surface area contributed by atoms with Crippen LogP contribution in [0.3, 0.4) is 0 Å². The van der Waals surface area contributed by atoms with Gasteiger partial charge >= 0.3 is 5.97 Å². The van der Waals surface area contributed by atoms with Gasteiger partial charge in [-0.2, -0.15) is 0 Å². The average molecular weight is 541 g/mol. The molecular formula is C26H31Cl2FN2O5. The lowest BCUT2D eigenvalue weighted by Gasteiger charge is -2.44. The molecule has 36 heavy (non-hydrogen) atoms. The summed E-state index contributed by atoms with van der Waals surface area (Å²) in [6.45, 7) is 8.77. The van der Waals surface area contributed by atoms with Crippen LogP contribution in [0.25, 0.3) is 0 Å². The minimum Gasteiger partial charge on any atom is -0.484 e. The fourth-order valence-corrected chi connectivity index (χ4v) is 4.23. The van der Waals surface area contributed by atoms with Gasteiger partial charge in [0.2, 0.25) is 0 Å². The fourth-order valence-electron chi connectivity index (χ4n) is 4.05. The largest absolute Gasteiger partial charge is 0.484 e. The first kappa shape index (κ1) is 29.5. The third-order valence-electron chi connectivity index (χ3n) is 5.85. The molecule has 0 fully saturated rings. The van der Waals surface area contributed by atoms with Crippen molar-refractivity contribution in [2.75, 3.05) is 0 Å². The number of nitrogens with two attached hydrogens (primary N) is 1. The molecule has 0 saturated carbocycles. The van der Waals surface area contributed by atoms with E-state index in [-0.39, 0.29) is 34.7 Å². The predicted molar refractivity (Wildman–Crippen MR) is 137 cm³/mol. The maximum absolute atomic E-state index is 13.6. The van der Waals surface area contributed by atoms with E-state index in [1.165, 1.54) is 19.1 Å². The van der Waals surface area contributed by atoms with E-state index >= 15 is 0 Å². The van der Waals surface area contributed by atoms with Crippen LogP contribution in [-0.2, 0) is 9.53 Å². The molecular weight excluding hydrogens is 510 g/mol. The normalized spacial score (nSPS) is 18.8. The summed E-state index contributed by atoms with van der Waals surface area (Å²) in [7, 11) is 0. The highest BCUT2D eigenvalue weighted by atomic mass is 35.5. The van der Waals surface area contributed by atoms with Gasteiger partial charge in [0, 0.05) is 16.7 Å². The van der Waals surface area contributed by atoms with E-state index in [1.54, 1.807) is 32.0 Å². The number of rotatable bonds is 7. The van der Waals surface area contributed by atoms with Crippen molar-refractivity contribution in [2.45, 2.75) is 64.8 Å². The van der Waals surface area contributed by atoms with Gasteiger partial charge in [-0.25, -0.2) is 4.39 Å². The minimum atomic E-state index is -1.06. The van der Waals surface area contributed by atoms with Crippen LogP contribution in [-0.4, -0.2) is 35.4 Å². The lowest BCUT2D eigenvalue weighted by atomic mass is 9.85. The van der Waals surface area contributed by atoms with E-state index in [9.17, 15) is 18.8 Å². The van der Waals surface area contributed by atoms with Crippen molar-refractivity contribution in [1.29, 1.82) is 0 Å². The van der Waals surface area contributed by atoms with E-state index in [2.05, 4.69) is 5.32 Å². The average Bonchev–Trinajstić information content (AvgIpc) is 2.76. The van der Waals surface area contributed by atoms with Crippen LogP contribution in [0.2, 0.25) is 5.02 Å². The van der Waals surface area contributed by atoms with Crippen LogP contribution in [0.15, 0.2) is 36.4 Å². The molecule has 0 bridgehead atoms. The number of benzene rings is 2. The molecule has 2 aromatic rings. The van der Waals surface area contributed by atoms with Gasteiger partial charge in [0.05, 0.1) is 11.1 Å². The molecule has 0 spiro atoms. The summed E-state index contributed by atoms with van der Waals surface area (Å²) in [6, 6.07) is 6.73. The summed E-state index contributed by atoms with van der Waals surface area (Å²) >= 11 is 5.86. The second kappa shape index (κ2) is 11.6. The Morgan fingerprint density at radius 1 is 1.17 bits per heavy atom. The Labute approximate surface area is 221 Å². The molecule has 1 aliphatic rings.